The Morgan fingerprint density at radius 3 is 2.45 bits per heavy atom. The molecule has 8 heteroatoms. The molecule has 2 aliphatic rings. The normalized spacial score (nSPS) is 17.0. The van der Waals surface area contributed by atoms with Crippen molar-refractivity contribution in [2.75, 3.05) is 31.1 Å². The second-order valence-corrected chi connectivity index (χ2v) is 7.75. The van der Waals surface area contributed by atoms with Crippen molar-refractivity contribution < 1.29 is 19.1 Å². The Kier molecular flexibility index (Phi) is 5.02. The fourth-order valence-corrected chi connectivity index (χ4v) is 3.98. The minimum absolute atomic E-state index is 0.0924. The van der Waals surface area contributed by atoms with E-state index >= 15 is 0 Å². The van der Waals surface area contributed by atoms with Crippen molar-refractivity contribution >= 4 is 28.5 Å². The summed E-state index contributed by atoms with van der Waals surface area (Å²) in [5, 5.41) is 9.43. The second-order valence-electron chi connectivity index (χ2n) is 7.75. The van der Waals surface area contributed by atoms with Crippen LogP contribution in [-0.4, -0.2) is 52.6 Å². The number of hydrogen-bond donors (Lipinski definition) is 1. The lowest BCUT2D eigenvalue weighted by molar-refractivity contribution is -0.131. The fraction of sp³-hybridized carbons (Fsp3) is 0.476. The lowest BCUT2D eigenvalue weighted by Crippen LogP contribution is -2.49. The number of aromatic nitrogens is 1. The molecule has 2 aromatic rings. The number of fused-ring (bicyclic) bond motifs is 1. The average Bonchev–Trinajstić information content (AvgIpc) is 3.53. The number of nitrogens with zero attached hydrogens (tertiary/aromatic N) is 3. The van der Waals surface area contributed by atoms with Crippen molar-refractivity contribution in [2.45, 2.75) is 38.6 Å². The standard InChI is InChI=1S/C21H24FN3O4/c1-2-3-19(26)24-8-6-23(7-9-24)18-11-17-14(10-16(18)22)20(27)15(21(28)29)12-25(17)13-4-5-13/h10-13H,2-9H2,1H3,(H,28,29). The number of pyridine rings is 1. The molecule has 0 unspecified atom stereocenters. The van der Waals surface area contributed by atoms with Gasteiger partial charge in [0.2, 0.25) is 11.3 Å². The van der Waals surface area contributed by atoms with Crippen molar-refractivity contribution in [2.24, 2.45) is 0 Å². The summed E-state index contributed by atoms with van der Waals surface area (Å²) in [6.45, 7) is 4.05. The van der Waals surface area contributed by atoms with Gasteiger partial charge in [0.05, 0.1) is 11.2 Å². The lowest BCUT2D eigenvalue weighted by atomic mass is 10.1. The summed E-state index contributed by atoms with van der Waals surface area (Å²) < 4.78 is 16.7. The van der Waals surface area contributed by atoms with Crippen molar-refractivity contribution in [3.63, 3.8) is 0 Å². The summed E-state index contributed by atoms with van der Waals surface area (Å²) in [5.74, 6) is -1.73. The number of amides is 1. The van der Waals surface area contributed by atoms with Crippen LogP contribution in [0.1, 0.15) is 49.0 Å². The maximum absolute atomic E-state index is 14.9. The molecule has 1 saturated heterocycles. The molecule has 1 aliphatic carbocycles. The summed E-state index contributed by atoms with van der Waals surface area (Å²) >= 11 is 0. The van der Waals surface area contributed by atoms with Gasteiger partial charge in [0.15, 0.2) is 0 Å². The molecule has 4 rings (SSSR count). The number of anilines is 1. The number of carbonyl (C=O) groups excluding carboxylic acids is 1. The van der Waals surface area contributed by atoms with Crippen LogP contribution in [0, 0.1) is 5.82 Å². The third-order valence-electron chi connectivity index (χ3n) is 5.71. The summed E-state index contributed by atoms with van der Waals surface area (Å²) in [6.07, 6.45) is 4.51. The van der Waals surface area contributed by atoms with E-state index in [1.807, 2.05) is 11.8 Å². The minimum Gasteiger partial charge on any atom is -0.477 e. The first-order valence-corrected chi connectivity index (χ1v) is 10.0. The highest BCUT2D eigenvalue weighted by atomic mass is 19.1. The van der Waals surface area contributed by atoms with Crippen LogP contribution in [-0.2, 0) is 4.79 Å². The fourth-order valence-electron chi connectivity index (χ4n) is 3.98. The van der Waals surface area contributed by atoms with Crippen LogP contribution in [0.5, 0.6) is 0 Å². The molecular formula is C21H24FN3O4. The molecule has 1 amide bonds. The molecule has 1 aromatic carbocycles. The number of carbonyl (C=O) groups is 2. The minimum atomic E-state index is -1.30. The van der Waals surface area contributed by atoms with Gasteiger partial charge in [-0.05, 0) is 31.4 Å². The zero-order valence-corrected chi connectivity index (χ0v) is 16.4. The average molecular weight is 401 g/mol. The SMILES string of the molecule is CCCC(=O)N1CCN(c2cc3c(cc2F)c(=O)c(C(=O)O)cn3C2CC2)CC1. The van der Waals surface area contributed by atoms with E-state index < -0.39 is 17.2 Å². The molecule has 0 radical (unpaired) electrons. The first-order valence-electron chi connectivity index (χ1n) is 10.0. The largest absolute Gasteiger partial charge is 0.477 e. The van der Waals surface area contributed by atoms with Gasteiger partial charge in [0.25, 0.3) is 0 Å². The van der Waals surface area contributed by atoms with Crippen LogP contribution in [0.2, 0.25) is 0 Å². The number of aromatic carboxylic acids is 1. The van der Waals surface area contributed by atoms with E-state index in [1.165, 1.54) is 6.20 Å². The molecule has 154 valence electrons. The molecule has 2 fully saturated rings. The van der Waals surface area contributed by atoms with Crippen LogP contribution in [0.15, 0.2) is 23.1 Å². The quantitative estimate of drug-likeness (QED) is 0.833. The smallest absolute Gasteiger partial charge is 0.341 e. The van der Waals surface area contributed by atoms with Gasteiger partial charge in [-0.25, -0.2) is 9.18 Å². The van der Waals surface area contributed by atoms with E-state index in [0.29, 0.717) is 43.8 Å². The van der Waals surface area contributed by atoms with Gasteiger partial charge in [-0.2, -0.15) is 0 Å². The van der Waals surface area contributed by atoms with Gasteiger partial charge in [-0.1, -0.05) is 6.92 Å². The molecule has 0 atom stereocenters. The first kappa shape index (κ1) is 19.4. The molecule has 2 heterocycles. The van der Waals surface area contributed by atoms with Gasteiger partial charge in [0, 0.05) is 50.2 Å². The number of piperazine rings is 1. The predicted molar refractivity (Wildman–Crippen MR) is 107 cm³/mol. The molecule has 1 saturated carbocycles. The van der Waals surface area contributed by atoms with Gasteiger partial charge in [-0.15, -0.1) is 0 Å². The summed E-state index contributed by atoms with van der Waals surface area (Å²) in [5.41, 5.74) is -0.0511. The number of benzene rings is 1. The highest BCUT2D eigenvalue weighted by molar-refractivity contribution is 5.93. The van der Waals surface area contributed by atoms with E-state index in [-0.39, 0.29) is 22.9 Å². The number of hydrogen-bond acceptors (Lipinski definition) is 4. The Hall–Kier alpha value is -2.90. The van der Waals surface area contributed by atoms with Gasteiger partial charge in [-0.3, -0.25) is 9.59 Å². The molecule has 1 aliphatic heterocycles. The Labute approximate surface area is 167 Å². The van der Waals surface area contributed by atoms with Crippen LogP contribution in [0.25, 0.3) is 10.9 Å². The molecule has 1 aromatic heterocycles. The maximum atomic E-state index is 14.9. The Morgan fingerprint density at radius 2 is 1.86 bits per heavy atom. The van der Waals surface area contributed by atoms with Crippen LogP contribution >= 0.6 is 0 Å². The van der Waals surface area contributed by atoms with Crippen LogP contribution < -0.4 is 10.3 Å². The zero-order chi connectivity index (χ0) is 20.7. The highest BCUT2D eigenvalue weighted by Gasteiger charge is 2.29. The van der Waals surface area contributed by atoms with Gasteiger partial charge < -0.3 is 19.5 Å². The summed E-state index contributed by atoms with van der Waals surface area (Å²) in [6, 6.07) is 2.95. The van der Waals surface area contributed by atoms with Gasteiger partial charge in [0.1, 0.15) is 11.4 Å². The molecule has 29 heavy (non-hydrogen) atoms. The Morgan fingerprint density at radius 1 is 1.17 bits per heavy atom. The number of carboxylic acids is 1. The van der Waals surface area contributed by atoms with Crippen molar-refractivity contribution in [1.82, 2.24) is 9.47 Å². The number of rotatable bonds is 5. The van der Waals surface area contributed by atoms with E-state index in [9.17, 15) is 23.9 Å². The Balaban J connectivity index is 1.70. The molecule has 0 bridgehead atoms. The third kappa shape index (κ3) is 3.59. The number of halogens is 1. The lowest BCUT2D eigenvalue weighted by Gasteiger charge is -2.36. The Bertz CT molecular complexity index is 1040. The van der Waals surface area contributed by atoms with E-state index in [0.717, 1.165) is 25.3 Å². The van der Waals surface area contributed by atoms with Crippen LogP contribution in [0.4, 0.5) is 10.1 Å². The van der Waals surface area contributed by atoms with Crippen molar-refractivity contribution in [1.29, 1.82) is 0 Å². The predicted octanol–water partition coefficient (Wildman–Crippen LogP) is 2.62. The topological polar surface area (TPSA) is 82.8 Å². The van der Waals surface area contributed by atoms with E-state index in [4.69, 9.17) is 0 Å². The third-order valence-corrected chi connectivity index (χ3v) is 5.71. The van der Waals surface area contributed by atoms with Crippen molar-refractivity contribution in [3.8, 4) is 0 Å². The van der Waals surface area contributed by atoms with Gasteiger partial charge >= 0.3 is 5.97 Å². The highest BCUT2D eigenvalue weighted by Crippen LogP contribution is 2.38. The summed E-state index contributed by atoms with van der Waals surface area (Å²) in [7, 11) is 0. The maximum Gasteiger partial charge on any atom is 0.341 e. The molecule has 7 nitrogen and oxygen atoms in total. The monoisotopic (exact) mass is 401 g/mol. The first-order chi connectivity index (χ1) is 13.9. The van der Waals surface area contributed by atoms with Crippen molar-refractivity contribution in [3.05, 3.63) is 39.9 Å². The molecule has 1 N–H and O–H groups in total. The second kappa shape index (κ2) is 7.50. The number of carboxylic acid groups (broad SMARTS) is 1. The van der Waals surface area contributed by atoms with E-state index in [1.54, 1.807) is 15.5 Å². The summed E-state index contributed by atoms with van der Waals surface area (Å²) in [4.78, 5) is 39.8. The van der Waals surface area contributed by atoms with Crippen LogP contribution in [0.3, 0.4) is 0 Å². The van der Waals surface area contributed by atoms with E-state index in [2.05, 4.69) is 0 Å². The molecule has 0 spiro atoms. The zero-order valence-electron chi connectivity index (χ0n) is 16.4. The molecular weight excluding hydrogens is 377 g/mol.